The fraction of sp³-hybridized carbons (Fsp3) is 0.304. The third-order valence-corrected chi connectivity index (χ3v) is 4.87. The number of H-pyrrole nitrogens is 1. The normalized spacial score (nSPS) is 10.7. The molecule has 0 unspecified atom stereocenters. The van der Waals surface area contributed by atoms with Gasteiger partial charge in [0.1, 0.15) is 5.75 Å². The highest BCUT2D eigenvalue weighted by atomic mass is 16.5. The molecule has 0 fully saturated rings. The van der Waals surface area contributed by atoms with Crippen LogP contribution in [0.25, 0.3) is 10.9 Å². The zero-order chi connectivity index (χ0) is 20.6. The Morgan fingerprint density at radius 3 is 2.59 bits per heavy atom. The molecule has 0 spiro atoms. The fourth-order valence-corrected chi connectivity index (χ4v) is 3.19. The molecule has 0 radical (unpaired) electrons. The van der Waals surface area contributed by atoms with E-state index >= 15 is 0 Å². The van der Waals surface area contributed by atoms with E-state index in [-0.39, 0.29) is 18.4 Å². The zero-order valence-corrected chi connectivity index (χ0v) is 16.9. The minimum Gasteiger partial charge on any atom is -0.484 e. The molecule has 3 aromatic rings. The van der Waals surface area contributed by atoms with Crippen LogP contribution in [-0.4, -0.2) is 47.9 Å². The summed E-state index contributed by atoms with van der Waals surface area (Å²) in [6.45, 7) is 4.97. The van der Waals surface area contributed by atoms with Crippen LogP contribution in [-0.2, 0) is 16.0 Å². The van der Waals surface area contributed by atoms with Crippen LogP contribution in [0.4, 0.5) is 0 Å². The minimum absolute atomic E-state index is 0.00463. The molecular formula is C23H27N3O3. The number of aryl methyl sites for hydroxylation is 1. The van der Waals surface area contributed by atoms with E-state index in [4.69, 9.17) is 4.74 Å². The van der Waals surface area contributed by atoms with Gasteiger partial charge < -0.3 is 19.9 Å². The molecule has 6 heteroatoms. The molecular weight excluding hydrogens is 366 g/mol. The monoisotopic (exact) mass is 393 g/mol. The smallest absolute Gasteiger partial charge is 0.258 e. The van der Waals surface area contributed by atoms with E-state index in [1.807, 2.05) is 55.6 Å². The average Bonchev–Trinajstić information content (AvgIpc) is 3.13. The molecule has 2 N–H and O–H groups in total. The first-order valence-corrected chi connectivity index (χ1v) is 9.79. The summed E-state index contributed by atoms with van der Waals surface area (Å²) in [7, 11) is 0. The molecule has 2 aromatic carbocycles. The van der Waals surface area contributed by atoms with E-state index in [2.05, 4.69) is 16.4 Å². The predicted molar refractivity (Wildman–Crippen MR) is 114 cm³/mol. The number of aromatic amines is 1. The van der Waals surface area contributed by atoms with Gasteiger partial charge in [-0.05, 0) is 37.1 Å². The number of amides is 2. The van der Waals surface area contributed by atoms with Gasteiger partial charge in [0, 0.05) is 43.7 Å². The van der Waals surface area contributed by atoms with Gasteiger partial charge >= 0.3 is 0 Å². The quantitative estimate of drug-likeness (QED) is 0.587. The van der Waals surface area contributed by atoms with Gasteiger partial charge in [0.15, 0.2) is 6.61 Å². The standard InChI is InChI=1S/C23H27N3O3/c1-17-7-9-20(10-8-17)29-16-23(28)24-12-14-26(18(2)27)13-11-19-15-25-22-6-4-3-5-21(19)22/h3-10,15,25H,11-14,16H2,1-2H3,(H,24,28). The molecule has 2 amide bonds. The molecule has 0 atom stereocenters. The Labute approximate surface area is 170 Å². The van der Waals surface area contributed by atoms with Crippen molar-refractivity contribution in [1.82, 2.24) is 15.2 Å². The van der Waals surface area contributed by atoms with Crippen LogP contribution in [0.2, 0.25) is 0 Å². The number of hydrogen-bond acceptors (Lipinski definition) is 3. The zero-order valence-electron chi connectivity index (χ0n) is 16.9. The third kappa shape index (κ3) is 5.85. The summed E-state index contributed by atoms with van der Waals surface area (Å²) in [6, 6.07) is 15.7. The third-order valence-electron chi connectivity index (χ3n) is 4.87. The number of carbonyl (C=O) groups excluding carboxylic acids is 2. The summed E-state index contributed by atoms with van der Waals surface area (Å²) in [4.78, 5) is 29.0. The number of aromatic nitrogens is 1. The lowest BCUT2D eigenvalue weighted by atomic mass is 10.1. The van der Waals surface area contributed by atoms with Crippen LogP contribution < -0.4 is 10.1 Å². The Balaban J connectivity index is 1.42. The van der Waals surface area contributed by atoms with Crippen molar-refractivity contribution in [2.24, 2.45) is 0 Å². The van der Waals surface area contributed by atoms with Crippen LogP contribution in [0.15, 0.2) is 54.7 Å². The lowest BCUT2D eigenvalue weighted by molar-refractivity contribution is -0.129. The van der Waals surface area contributed by atoms with Crippen LogP contribution in [0, 0.1) is 6.92 Å². The van der Waals surface area contributed by atoms with E-state index in [0.717, 1.165) is 17.5 Å². The largest absolute Gasteiger partial charge is 0.484 e. The first kappa shape index (κ1) is 20.5. The van der Waals surface area contributed by atoms with Gasteiger partial charge in [-0.3, -0.25) is 9.59 Å². The second kappa shape index (κ2) is 9.78. The highest BCUT2D eigenvalue weighted by Crippen LogP contribution is 2.18. The maximum atomic E-state index is 12.0. The number of carbonyl (C=O) groups is 2. The molecule has 3 rings (SSSR count). The van der Waals surface area contributed by atoms with Gasteiger partial charge in [-0.25, -0.2) is 0 Å². The average molecular weight is 393 g/mol. The summed E-state index contributed by atoms with van der Waals surface area (Å²) < 4.78 is 5.47. The first-order chi connectivity index (χ1) is 14.0. The Kier molecular flexibility index (Phi) is 6.89. The Morgan fingerprint density at radius 2 is 1.83 bits per heavy atom. The van der Waals surface area contributed by atoms with E-state index in [1.54, 1.807) is 11.8 Å². The predicted octanol–water partition coefficient (Wildman–Crippen LogP) is 3.06. The summed E-state index contributed by atoms with van der Waals surface area (Å²) >= 11 is 0. The molecule has 1 heterocycles. The minimum atomic E-state index is -0.203. The molecule has 0 bridgehead atoms. The number of benzene rings is 2. The topological polar surface area (TPSA) is 74.4 Å². The van der Waals surface area contributed by atoms with Crippen LogP contribution in [0.5, 0.6) is 5.75 Å². The van der Waals surface area contributed by atoms with Gasteiger partial charge in [0.05, 0.1) is 0 Å². The summed E-state index contributed by atoms with van der Waals surface area (Å²) in [6.07, 6.45) is 2.75. The Bertz CT molecular complexity index is 963. The lowest BCUT2D eigenvalue weighted by Crippen LogP contribution is -2.39. The molecule has 0 aliphatic rings. The van der Waals surface area contributed by atoms with E-state index in [1.165, 1.54) is 10.9 Å². The fourth-order valence-electron chi connectivity index (χ4n) is 3.19. The van der Waals surface area contributed by atoms with E-state index in [9.17, 15) is 9.59 Å². The molecule has 152 valence electrons. The van der Waals surface area contributed by atoms with Gasteiger partial charge in [0.25, 0.3) is 5.91 Å². The Morgan fingerprint density at radius 1 is 1.07 bits per heavy atom. The van der Waals surface area contributed by atoms with Crippen molar-refractivity contribution in [2.75, 3.05) is 26.2 Å². The van der Waals surface area contributed by atoms with Crippen molar-refractivity contribution >= 4 is 22.7 Å². The van der Waals surface area contributed by atoms with Crippen LogP contribution in [0.3, 0.4) is 0 Å². The molecule has 0 aliphatic heterocycles. The van der Waals surface area contributed by atoms with Crippen LogP contribution in [0.1, 0.15) is 18.1 Å². The summed E-state index contributed by atoms with van der Waals surface area (Å²) in [5, 5.41) is 3.99. The van der Waals surface area contributed by atoms with Crippen molar-refractivity contribution < 1.29 is 14.3 Å². The number of hydrogen-bond donors (Lipinski definition) is 2. The van der Waals surface area contributed by atoms with Gasteiger partial charge in [-0.2, -0.15) is 0 Å². The number of nitrogens with one attached hydrogen (secondary N) is 2. The number of para-hydroxylation sites is 1. The highest BCUT2D eigenvalue weighted by molar-refractivity contribution is 5.83. The van der Waals surface area contributed by atoms with Gasteiger partial charge in [0.2, 0.25) is 5.91 Å². The second-order valence-corrected chi connectivity index (χ2v) is 7.07. The molecule has 1 aromatic heterocycles. The van der Waals surface area contributed by atoms with Crippen molar-refractivity contribution in [3.05, 3.63) is 65.9 Å². The number of ether oxygens (including phenoxy) is 1. The van der Waals surface area contributed by atoms with E-state index in [0.29, 0.717) is 25.4 Å². The van der Waals surface area contributed by atoms with Gasteiger partial charge in [-0.1, -0.05) is 35.9 Å². The maximum absolute atomic E-state index is 12.0. The first-order valence-electron chi connectivity index (χ1n) is 9.79. The summed E-state index contributed by atoms with van der Waals surface area (Å²) in [5.74, 6) is 0.454. The highest BCUT2D eigenvalue weighted by Gasteiger charge is 2.11. The molecule has 29 heavy (non-hydrogen) atoms. The Hall–Kier alpha value is -3.28. The molecule has 0 saturated heterocycles. The lowest BCUT2D eigenvalue weighted by Gasteiger charge is -2.21. The number of fused-ring (bicyclic) bond motifs is 1. The van der Waals surface area contributed by atoms with Gasteiger partial charge in [-0.15, -0.1) is 0 Å². The second-order valence-electron chi connectivity index (χ2n) is 7.07. The van der Waals surface area contributed by atoms with E-state index < -0.39 is 0 Å². The van der Waals surface area contributed by atoms with Crippen molar-refractivity contribution in [2.45, 2.75) is 20.3 Å². The van der Waals surface area contributed by atoms with Crippen LogP contribution >= 0.6 is 0 Å². The number of nitrogens with zero attached hydrogens (tertiary/aromatic N) is 1. The van der Waals surface area contributed by atoms with Crippen molar-refractivity contribution in [1.29, 1.82) is 0 Å². The molecule has 6 nitrogen and oxygen atoms in total. The molecule has 0 saturated carbocycles. The number of rotatable bonds is 9. The molecule has 0 aliphatic carbocycles. The summed E-state index contributed by atoms with van der Waals surface area (Å²) in [5.41, 5.74) is 3.42. The SMILES string of the molecule is CC(=O)N(CCNC(=O)COc1ccc(C)cc1)CCc1c[nH]c2ccccc12. The van der Waals surface area contributed by atoms with Crippen molar-refractivity contribution in [3.63, 3.8) is 0 Å². The van der Waals surface area contributed by atoms with Crippen molar-refractivity contribution in [3.8, 4) is 5.75 Å². The maximum Gasteiger partial charge on any atom is 0.258 e.